The molecule has 5 rings (SSSR count). The first-order chi connectivity index (χ1) is 18.6. The van der Waals surface area contributed by atoms with Crippen LogP contribution in [0.25, 0.3) is 16.8 Å². The van der Waals surface area contributed by atoms with Crippen molar-refractivity contribution in [2.75, 3.05) is 0 Å². The molecule has 0 spiro atoms. The molecule has 5 aromatic rings. The molecule has 0 fully saturated rings. The largest absolute Gasteiger partial charge is 0.423 e. The summed E-state index contributed by atoms with van der Waals surface area (Å²) in [6, 6.07) is 35.1. The SMILES string of the molecule is O=C(Oc1ccc(C(=O)C=Cc2cccc3ccccc23)c(OC(=O)c2ccccc2)c1)c1ccccc1. The van der Waals surface area contributed by atoms with Gasteiger partial charge in [0.2, 0.25) is 0 Å². The van der Waals surface area contributed by atoms with Gasteiger partial charge < -0.3 is 9.47 Å². The van der Waals surface area contributed by atoms with Gasteiger partial charge in [0.1, 0.15) is 11.5 Å². The average molecular weight is 499 g/mol. The zero-order valence-corrected chi connectivity index (χ0v) is 20.2. The summed E-state index contributed by atoms with van der Waals surface area (Å²) in [7, 11) is 0. The number of carbonyl (C=O) groups is 3. The van der Waals surface area contributed by atoms with Crippen LogP contribution in [0.1, 0.15) is 36.6 Å². The highest BCUT2D eigenvalue weighted by Gasteiger charge is 2.18. The molecule has 0 unspecified atom stereocenters. The summed E-state index contributed by atoms with van der Waals surface area (Å²) in [4.78, 5) is 38.6. The second kappa shape index (κ2) is 11.2. The topological polar surface area (TPSA) is 69.7 Å². The first-order valence-electron chi connectivity index (χ1n) is 12.0. The van der Waals surface area contributed by atoms with Gasteiger partial charge in [-0.1, -0.05) is 84.9 Å². The fourth-order valence-electron chi connectivity index (χ4n) is 3.98. The lowest BCUT2D eigenvalue weighted by Gasteiger charge is -2.11. The summed E-state index contributed by atoms with van der Waals surface area (Å²) in [5, 5.41) is 2.07. The molecule has 184 valence electrons. The van der Waals surface area contributed by atoms with Crippen LogP contribution in [0.3, 0.4) is 0 Å². The van der Waals surface area contributed by atoms with Gasteiger partial charge in [-0.25, -0.2) is 9.59 Å². The Kier molecular flexibility index (Phi) is 7.18. The molecule has 0 aliphatic carbocycles. The fraction of sp³-hybridized carbons (Fsp3) is 0. The predicted octanol–water partition coefficient (Wildman–Crippen LogP) is 7.17. The Hall–Kier alpha value is -5.29. The van der Waals surface area contributed by atoms with Gasteiger partial charge in [-0.05, 0) is 58.8 Å². The molecule has 38 heavy (non-hydrogen) atoms. The zero-order chi connectivity index (χ0) is 26.3. The molecule has 5 aromatic carbocycles. The second-order valence-corrected chi connectivity index (χ2v) is 8.44. The van der Waals surface area contributed by atoms with Crippen molar-refractivity contribution in [1.29, 1.82) is 0 Å². The number of allylic oxidation sites excluding steroid dienone is 1. The van der Waals surface area contributed by atoms with E-state index in [0.29, 0.717) is 11.1 Å². The molecule has 0 atom stereocenters. The monoisotopic (exact) mass is 498 g/mol. The van der Waals surface area contributed by atoms with Gasteiger partial charge in [-0.2, -0.15) is 0 Å². The van der Waals surface area contributed by atoms with Gasteiger partial charge in [-0.3, -0.25) is 4.79 Å². The summed E-state index contributed by atoms with van der Waals surface area (Å²) in [5.74, 6) is -1.44. The Bertz CT molecular complexity index is 1650. The summed E-state index contributed by atoms with van der Waals surface area (Å²) >= 11 is 0. The number of benzene rings is 5. The number of esters is 2. The minimum absolute atomic E-state index is 0.00946. The van der Waals surface area contributed by atoms with Crippen LogP contribution in [0, 0.1) is 0 Å². The molecular weight excluding hydrogens is 476 g/mol. The maximum absolute atomic E-state index is 13.3. The normalized spacial score (nSPS) is 10.8. The molecule has 0 N–H and O–H groups in total. The van der Waals surface area contributed by atoms with Crippen LogP contribution in [0.15, 0.2) is 127 Å². The Balaban J connectivity index is 1.46. The van der Waals surface area contributed by atoms with Crippen LogP contribution in [0.4, 0.5) is 0 Å². The summed E-state index contributed by atoms with van der Waals surface area (Å²) < 4.78 is 11.1. The van der Waals surface area contributed by atoms with E-state index in [1.54, 1.807) is 66.7 Å². The highest BCUT2D eigenvalue weighted by atomic mass is 16.5. The van der Waals surface area contributed by atoms with Crippen LogP contribution >= 0.6 is 0 Å². The van der Waals surface area contributed by atoms with Gasteiger partial charge in [-0.15, -0.1) is 0 Å². The molecule has 0 heterocycles. The van der Waals surface area contributed by atoms with Crippen LogP contribution in [-0.2, 0) is 0 Å². The summed E-state index contributed by atoms with van der Waals surface area (Å²) in [6.45, 7) is 0. The molecule has 0 saturated carbocycles. The lowest BCUT2D eigenvalue weighted by Crippen LogP contribution is -2.12. The van der Waals surface area contributed by atoms with Gasteiger partial charge in [0, 0.05) is 6.07 Å². The lowest BCUT2D eigenvalue weighted by atomic mass is 10.0. The van der Waals surface area contributed by atoms with E-state index in [2.05, 4.69) is 0 Å². The molecule has 0 aliphatic heterocycles. The molecule has 0 saturated heterocycles. The molecule has 5 heteroatoms. The Morgan fingerprint density at radius 1 is 0.579 bits per heavy atom. The Morgan fingerprint density at radius 3 is 1.89 bits per heavy atom. The molecule has 0 amide bonds. The number of ether oxygens (including phenoxy) is 2. The number of ketones is 1. The third-order valence-electron chi connectivity index (χ3n) is 5.89. The van der Waals surface area contributed by atoms with Gasteiger partial charge in [0.15, 0.2) is 5.78 Å². The predicted molar refractivity (Wildman–Crippen MR) is 147 cm³/mol. The second-order valence-electron chi connectivity index (χ2n) is 8.44. The van der Waals surface area contributed by atoms with E-state index in [4.69, 9.17) is 9.47 Å². The number of carbonyl (C=O) groups excluding carboxylic acids is 3. The lowest BCUT2D eigenvalue weighted by molar-refractivity contribution is 0.0732. The van der Waals surface area contributed by atoms with Crippen molar-refractivity contribution in [3.63, 3.8) is 0 Å². The number of fused-ring (bicyclic) bond motifs is 1. The van der Waals surface area contributed by atoms with Gasteiger partial charge >= 0.3 is 11.9 Å². The van der Waals surface area contributed by atoms with Crippen molar-refractivity contribution < 1.29 is 23.9 Å². The maximum atomic E-state index is 13.3. The third kappa shape index (κ3) is 5.58. The van der Waals surface area contributed by atoms with Crippen LogP contribution < -0.4 is 9.47 Å². The van der Waals surface area contributed by atoms with Crippen molar-refractivity contribution in [2.24, 2.45) is 0 Å². The summed E-state index contributed by atoms with van der Waals surface area (Å²) in [6.07, 6.45) is 3.17. The van der Waals surface area contributed by atoms with E-state index in [0.717, 1.165) is 16.3 Å². The Morgan fingerprint density at radius 2 is 1.18 bits per heavy atom. The average Bonchev–Trinajstić information content (AvgIpc) is 2.97. The molecule has 0 aliphatic rings. The van der Waals surface area contributed by atoms with Crippen LogP contribution in [-0.4, -0.2) is 17.7 Å². The standard InChI is InChI=1S/C33H22O5/c34-30(21-18-24-16-9-15-23-10-7-8-17-28(23)24)29-20-19-27(37-32(35)25-11-3-1-4-12-25)22-31(29)38-33(36)26-13-5-2-6-14-26/h1-22H. The van der Waals surface area contributed by atoms with Crippen molar-refractivity contribution in [3.05, 3.63) is 150 Å². The van der Waals surface area contributed by atoms with Crippen molar-refractivity contribution >= 4 is 34.6 Å². The minimum atomic E-state index is -0.635. The van der Waals surface area contributed by atoms with E-state index in [1.807, 2.05) is 42.5 Å². The third-order valence-corrected chi connectivity index (χ3v) is 5.89. The summed E-state index contributed by atoms with van der Waals surface area (Å²) in [5.41, 5.74) is 1.73. The number of hydrogen-bond donors (Lipinski definition) is 0. The van der Waals surface area contributed by atoms with Crippen molar-refractivity contribution in [3.8, 4) is 11.5 Å². The first-order valence-corrected chi connectivity index (χ1v) is 12.0. The van der Waals surface area contributed by atoms with E-state index in [9.17, 15) is 14.4 Å². The quantitative estimate of drug-likeness (QED) is 0.103. The van der Waals surface area contributed by atoms with Gasteiger partial charge in [0.05, 0.1) is 16.7 Å². The maximum Gasteiger partial charge on any atom is 0.343 e. The zero-order valence-electron chi connectivity index (χ0n) is 20.2. The fourth-order valence-corrected chi connectivity index (χ4v) is 3.98. The highest BCUT2D eigenvalue weighted by Crippen LogP contribution is 2.28. The van der Waals surface area contributed by atoms with Crippen LogP contribution in [0.5, 0.6) is 11.5 Å². The van der Waals surface area contributed by atoms with E-state index in [-0.39, 0.29) is 22.8 Å². The highest BCUT2D eigenvalue weighted by molar-refractivity contribution is 6.10. The van der Waals surface area contributed by atoms with Gasteiger partial charge in [0.25, 0.3) is 0 Å². The first kappa shape index (κ1) is 24.4. The van der Waals surface area contributed by atoms with Crippen molar-refractivity contribution in [2.45, 2.75) is 0 Å². The molecule has 5 nitrogen and oxygen atoms in total. The Labute approximate surface area is 219 Å². The molecule has 0 bridgehead atoms. The molecule has 0 radical (unpaired) electrons. The molecule has 0 aromatic heterocycles. The number of hydrogen-bond acceptors (Lipinski definition) is 5. The number of rotatable bonds is 7. The van der Waals surface area contributed by atoms with Crippen molar-refractivity contribution in [1.82, 2.24) is 0 Å². The van der Waals surface area contributed by atoms with Crippen LogP contribution in [0.2, 0.25) is 0 Å². The minimum Gasteiger partial charge on any atom is -0.423 e. The smallest absolute Gasteiger partial charge is 0.343 e. The van der Waals surface area contributed by atoms with E-state index >= 15 is 0 Å². The van der Waals surface area contributed by atoms with E-state index in [1.165, 1.54) is 24.3 Å². The molecular formula is C33H22O5. The van der Waals surface area contributed by atoms with E-state index < -0.39 is 11.9 Å².